The average molecular weight is 455 g/mol. The molecule has 8 nitrogen and oxygen atoms in total. The number of nitrogens with one attached hydrogen (secondary N) is 2. The van der Waals surface area contributed by atoms with Crippen LogP contribution in [0, 0.1) is 20.8 Å². The third kappa shape index (κ3) is 5.98. The highest BCUT2D eigenvalue weighted by Gasteiger charge is 2.18. The molecule has 1 heterocycles. The molecule has 2 aromatic carbocycles. The minimum atomic E-state index is -3.97. The Bertz CT molecular complexity index is 1210. The summed E-state index contributed by atoms with van der Waals surface area (Å²) in [5.74, 6) is 0.602. The zero-order chi connectivity index (χ0) is 23.3. The van der Waals surface area contributed by atoms with Gasteiger partial charge in [0, 0.05) is 17.8 Å². The van der Waals surface area contributed by atoms with Crippen LogP contribution in [0.1, 0.15) is 22.4 Å². The van der Waals surface area contributed by atoms with Crippen LogP contribution >= 0.6 is 0 Å². The molecule has 0 aliphatic carbocycles. The lowest BCUT2D eigenvalue weighted by Crippen LogP contribution is -2.31. The van der Waals surface area contributed by atoms with Crippen LogP contribution < -0.4 is 15.8 Å². The molecule has 4 N–H and O–H groups in total. The van der Waals surface area contributed by atoms with Gasteiger partial charge in [-0.2, -0.15) is 0 Å². The number of pyridine rings is 1. The van der Waals surface area contributed by atoms with Gasteiger partial charge in [0.25, 0.3) is 10.0 Å². The van der Waals surface area contributed by atoms with Crippen molar-refractivity contribution in [2.45, 2.75) is 32.1 Å². The smallest absolute Gasteiger partial charge is 0.421 e. The average Bonchev–Trinajstić information content (AvgIpc) is 2.73. The van der Waals surface area contributed by atoms with Crippen molar-refractivity contribution in [1.29, 1.82) is 0 Å². The lowest BCUT2D eigenvalue weighted by atomic mass is 10.1. The molecule has 32 heavy (non-hydrogen) atoms. The van der Waals surface area contributed by atoms with E-state index in [9.17, 15) is 13.2 Å². The summed E-state index contributed by atoms with van der Waals surface area (Å²) >= 11 is 0. The van der Waals surface area contributed by atoms with Gasteiger partial charge in [-0.25, -0.2) is 22.9 Å². The van der Waals surface area contributed by atoms with Crippen LogP contribution in [0.2, 0.25) is 0 Å². The van der Waals surface area contributed by atoms with E-state index < -0.39 is 16.1 Å². The van der Waals surface area contributed by atoms with Crippen molar-refractivity contribution in [3.8, 4) is 0 Å². The number of nitrogen functional groups attached to an aromatic ring is 1. The van der Waals surface area contributed by atoms with Gasteiger partial charge in [-0.15, -0.1) is 0 Å². The number of anilines is 3. The Morgan fingerprint density at radius 3 is 2.34 bits per heavy atom. The molecule has 1 aromatic heterocycles. The van der Waals surface area contributed by atoms with Gasteiger partial charge in [0.2, 0.25) is 0 Å². The van der Waals surface area contributed by atoms with Crippen molar-refractivity contribution >= 4 is 33.3 Å². The minimum absolute atomic E-state index is 0.00192. The zero-order valence-electron chi connectivity index (χ0n) is 18.2. The summed E-state index contributed by atoms with van der Waals surface area (Å²) < 4.78 is 31.4. The zero-order valence-corrected chi connectivity index (χ0v) is 19.0. The molecule has 0 aliphatic heterocycles. The highest BCUT2D eigenvalue weighted by Crippen LogP contribution is 2.25. The van der Waals surface area contributed by atoms with Crippen LogP contribution in [0.25, 0.3) is 0 Å². The summed E-state index contributed by atoms with van der Waals surface area (Å²) in [6.45, 7) is 5.72. The summed E-state index contributed by atoms with van der Waals surface area (Å²) in [4.78, 5) is 16.3. The number of amides is 1. The predicted octanol–water partition coefficient (Wildman–Crippen LogP) is 3.99. The van der Waals surface area contributed by atoms with E-state index in [-0.39, 0.29) is 11.5 Å². The van der Waals surface area contributed by atoms with Crippen molar-refractivity contribution < 1.29 is 17.9 Å². The van der Waals surface area contributed by atoms with Crippen molar-refractivity contribution in [2.75, 3.05) is 17.7 Å². The van der Waals surface area contributed by atoms with Gasteiger partial charge in [0.05, 0.1) is 17.2 Å². The van der Waals surface area contributed by atoms with E-state index in [1.807, 2.05) is 55.8 Å². The molecule has 0 atom stereocenters. The van der Waals surface area contributed by atoms with Crippen molar-refractivity contribution in [2.24, 2.45) is 0 Å². The largest absolute Gasteiger partial charge is 0.448 e. The number of hydrogen-bond acceptors (Lipinski definition) is 7. The van der Waals surface area contributed by atoms with Crippen molar-refractivity contribution in [3.63, 3.8) is 0 Å². The minimum Gasteiger partial charge on any atom is -0.448 e. The number of carbonyl (C=O) groups is 1. The Morgan fingerprint density at radius 2 is 1.69 bits per heavy atom. The standard InChI is InChI=1S/C23H26N4O4S/c1-15-4-10-20(11-5-15)32(29,30)27-23(28)31-13-12-18-6-8-19(9-7-18)26-22-21(24)16(2)14-17(3)25-22/h4-11,14H,12-13,24H2,1-3H3,(H,25,26)(H,27,28). The monoisotopic (exact) mass is 454 g/mol. The maximum absolute atomic E-state index is 12.2. The summed E-state index contributed by atoms with van der Waals surface area (Å²) in [5, 5.41) is 3.20. The summed E-state index contributed by atoms with van der Waals surface area (Å²) in [5.41, 5.74) is 11.2. The number of nitrogens with two attached hydrogens (primary N) is 1. The number of aryl methyl sites for hydroxylation is 3. The fourth-order valence-electron chi connectivity index (χ4n) is 3.01. The quantitative estimate of drug-likeness (QED) is 0.493. The number of nitrogens with zero attached hydrogens (tertiary/aromatic N) is 1. The second kappa shape index (κ2) is 9.69. The van der Waals surface area contributed by atoms with Gasteiger partial charge in [0.1, 0.15) is 0 Å². The van der Waals surface area contributed by atoms with Gasteiger partial charge in [0.15, 0.2) is 5.82 Å². The first kappa shape index (κ1) is 23.1. The molecule has 0 saturated heterocycles. The maximum atomic E-state index is 12.2. The molecular weight excluding hydrogens is 428 g/mol. The number of hydrogen-bond donors (Lipinski definition) is 3. The molecule has 0 bridgehead atoms. The number of aromatic nitrogens is 1. The van der Waals surface area contributed by atoms with E-state index in [1.165, 1.54) is 12.1 Å². The molecule has 1 amide bonds. The molecule has 0 spiro atoms. The normalized spacial score (nSPS) is 11.1. The van der Waals surface area contributed by atoms with E-state index in [1.54, 1.807) is 12.1 Å². The van der Waals surface area contributed by atoms with Crippen molar-refractivity contribution in [1.82, 2.24) is 9.71 Å². The lowest BCUT2D eigenvalue weighted by Gasteiger charge is -2.12. The molecule has 0 fully saturated rings. The number of rotatable bonds is 7. The second-order valence-corrected chi connectivity index (χ2v) is 9.15. The number of benzene rings is 2. The Kier molecular flexibility index (Phi) is 6.99. The second-order valence-electron chi connectivity index (χ2n) is 7.47. The SMILES string of the molecule is Cc1ccc(S(=O)(=O)NC(=O)OCCc2ccc(Nc3nc(C)cc(C)c3N)cc2)cc1. The Morgan fingerprint density at radius 1 is 1.03 bits per heavy atom. The molecule has 168 valence electrons. The fourth-order valence-corrected chi connectivity index (χ4v) is 3.90. The highest BCUT2D eigenvalue weighted by atomic mass is 32.2. The third-order valence-corrected chi connectivity index (χ3v) is 6.11. The van der Waals surface area contributed by atoms with Crippen LogP contribution in [0.4, 0.5) is 22.0 Å². The van der Waals surface area contributed by atoms with Gasteiger partial charge < -0.3 is 15.8 Å². The fraction of sp³-hybridized carbons (Fsp3) is 0.217. The first-order valence-electron chi connectivity index (χ1n) is 10.00. The summed E-state index contributed by atoms with van der Waals surface area (Å²) in [6, 6.07) is 15.6. The van der Waals surface area contributed by atoms with E-state index in [4.69, 9.17) is 10.5 Å². The Labute approximate surface area is 187 Å². The molecule has 0 radical (unpaired) electrons. The number of ether oxygens (including phenoxy) is 1. The topological polar surface area (TPSA) is 123 Å². The Balaban J connectivity index is 1.51. The summed E-state index contributed by atoms with van der Waals surface area (Å²) in [6.07, 6.45) is -0.581. The van der Waals surface area contributed by atoms with E-state index >= 15 is 0 Å². The molecule has 0 aliphatic rings. The van der Waals surface area contributed by atoms with Crippen LogP contribution in [0.5, 0.6) is 0 Å². The first-order chi connectivity index (χ1) is 15.1. The third-order valence-electron chi connectivity index (χ3n) is 4.78. The summed E-state index contributed by atoms with van der Waals surface area (Å²) in [7, 11) is -3.97. The number of sulfonamides is 1. The van der Waals surface area contributed by atoms with Gasteiger partial charge in [-0.05, 0) is 62.2 Å². The molecule has 9 heteroatoms. The van der Waals surface area contributed by atoms with E-state index in [0.717, 1.165) is 28.1 Å². The van der Waals surface area contributed by atoms with E-state index in [2.05, 4.69) is 10.3 Å². The first-order valence-corrected chi connectivity index (χ1v) is 11.5. The predicted molar refractivity (Wildman–Crippen MR) is 124 cm³/mol. The van der Waals surface area contributed by atoms with Crippen LogP contribution in [0.15, 0.2) is 59.5 Å². The van der Waals surface area contributed by atoms with Crippen LogP contribution in [0.3, 0.4) is 0 Å². The maximum Gasteiger partial charge on any atom is 0.421 e. The molecule has 3 aromatic rings. The van der Waals surface area contributed by atoms with Gasteiger partial charge in [-0.3, -0.25) is 0 Å². The highest BCUT2D eigenvalue weighted by molar-refractivity contribution is 7.90. The molecule has 0 saturated carbocycles. The molecular formula is C23H26N4O4S. The molecule has 3 rings (SSSR count). The van der Waals surface area contributed by atoms with Gasteiger partial charge in [-0.1, -0.05) is 29.8 Å². The van der Waals surface area contributed by atoms with E-state index in [0.29, 0.717) is 17.9 Å². The number of carbonyl (C=O) groups excluding carboxylic acids is 1. The van der Waals surface area contributed by atoms with Gasteiger partial charge >= 0.3 is 6.09 Å². The van der Waals surface area contributed by atoms with Crippen molar-refractivity contribution in [3.05, 3.63) is 77.0 Å². The lowest BCUT2D eigenvalue weighted by molar-refractivity contribution is 0.154. The van der Waals surface area contributed by atoms with Crippen LogP contribution in [-0.4, -0.2) is 26.1 Å². The Hall–Kier alpha value is -3.59. The van der Waals surface area contributed by atoms with Crippen LogP contribution in [-0.2, 0) is 21.2 Å². The molecule has 0 unspecified atom stereocenters.